The van der Waals surface area contributed by atoms with Gasteiger partial charge < -0.3 is 19.5 Å². The summed E-state index contributed by atoms with van der Waals surface area (Å²) in [4.78, 5) is 27.1. The standard InChI is InChI=1S/C24H25NO5/c1-15-19(24(29)30-21-13-18(26)12-20(27)23(15)21)14-22(28)25-9-7-17(8-10-25)11-16-5-3-2-4-6-16/h2-6,12-13,17,26-27H,7-11,14H2,1H3. The summed E-state index contributed by atoms with van der Waals surface area (Å²) in [5.74, 6) is 0.0705. The Bertz CT molecular complexity index is 1130. The van der Waals surface area contributed by atoms with Crippen molar-refractivity contribution in [2.45, 2.75) is 32.6 Å². The van der Waals surface area contributed by atoms with Crippen LogP contribution in [0.3, 0.4) is 0 Å². The Labute approximate surface area is 174 Å². The number of phenolic OH excluding ortho intramolecular Hbond substituents is 2. The number of carbonyl (C=O) groups excluding carboxylic acids is 1. The molecule has 0 spiro atoms. The third kappa shape index (κ3) is 4.03. The number of aromatic hydroxyl groups is 2. The van der Waals surface area contributed by atoms with Crippen molar-refractivity contribution in [2.24, 2.45) is 5.92 Å². The summed E-state index contributed by atoms with van der Waals surface area (Å²) in [6.07, 6.45) is 2.83. The van der Waals surface area contributed by atoms with E-state index in [4.69, 9.17) is 4.42 Å². The molecule has 2 N–H and O–H groups in total. The van der Waals surface area contributed by atoms with Gasteiger partial charge in [-0.1, -0.05) is 30.3 Å². The van der Waals surface area contributed by atoms with Crippen LogP contribution >= 0.6 is 0 Å². The number of nitrogens with zero attached hydrogens (tertiary/aromatic N) is 1. The van der Waals surface area contributed by atoms with Gasteiger partial charge in [0.1, 0.15) is 17.1 Å². The Morgan fingerprint density at radius 3 is 2.53 bits per heavy atom. The van der Waals surface area contributed by atoms with Crippen LogP contribution < -0.4 is 5.63 Å². The van der Waals surface area contributed by atoms with Crippen LogP contribution in [0.1, 0.15) is 29.5 Å². The van der Waals surface area contributed by atoms with Gasteiger partial charge in [-0.05, 0) is 43.2 Å². The number of amides is 1. The van der Waals surface area contributed by atoms with Crippen LogP contribution in [0.15, 0.2) is 51.7 Å². The lowest BCUT2D eigenvalue weighted by molar-refractivity contribution is -0.131. The highest BCUT2D eigenvalue weighted by Crippen LogP contribution is 2.32. The molecule has 30 heavy (non-hydrogen) atoms. The lowest BCUT2D eigenvalue weighted by Crippen LogP contribution is -2.40. The number of benzene rings is 2. The number of hydrogen-bond acceptors (Lipinski definition) is 5. The molecule has 3 aromatic rings. The molecule has 0 atom stereocenters. The number of aryl methyl sites for hydroxylation is 1. The second-order valence-electron chi connectivity index (χ2n) is 8.02. The van der Waals surface area contributed by atoms with Crippen molar-refractivity contribution in [3.8, 4) is 11.5 Å². The average Bonchev–Trinajstić information content (AvgIpc) is 2.71. The molecule has 0 bridgehead atoms. The van der Waals surface area contributed by atoms with Crippen LogP contribution in [0.2, 0.25) is 0 Å². The minimum Gasteiger partial charge on any atom is -0.508 e. The van der Waals surface area contributed by atoms with Crippen molar-refractivity contribution in [1.29, 1.82) is 0 Å². The molecular weight excluding hydrogens is 382 g/mol. The van der Waals surface area contributed by atoms with Gasteiger partial charge in [-0.2, -0.15) is 0 Å². The Hall–Kier alpha value is -3.28. The van der Waals surface area contributed by atoms with E-state index in [0.29, 0.717) is 30.0 Å². The minimum atomic E-state index is -0.614. The van der Waals surface area contributed by atoms with Crippen molar-refractivity contribution in [2.75, 3.05) is 13.1 Å². The van der Waals surface area contributed by atoms with Gasteiger partial charge in [0.05, 0.1) is 17.4 Å². The Morgan fingerprint density at radius 2 is 1.83 bits per heavy atom. The normalized spacial score (nSPS) is 14.9. The van der Waals surface area contributed by atoms with Crippen molar-refractivity contribution in [3.05, 3.63) is 69.6 Å². The molecule has 2 aromatic carbocycles. The molecule has 6 heteroatoms. The van der Waals surface area contributed by atoms with Crippen LogP contribution in [0.25, 0.3) is 11.0 Å². The molecule has 0 saturated carbocycles. The van der Waals surface area contributed by atoms with Gasteiger partial charge in [0.15, 0.2) is 0 Å². The molecule has 156 valence electrons. The maximum absolute atomic E-state index is 12.9. The van der Waals surface area contributed by atoms with Crippen LogP contribution in [-0.4, -0.2) is 34.1 Å². The smallest absolute Gasteiger partial charge is 0.340 e. The van der Waals surface area contributed by atoms with Crippen LogP contribution in [0.5, 0.6) is 11.5 Å². The van der Waals surface area contributed by atoms with E-state index in [1.54, 1.807) is 11.8 Å². The average molecular weight is 407 g/mol. The number of likely N-dealkylation sites (tertiary alicyclic amines) is 1. The van der Waals surface area contributed by atoms with Crippen molar-refractivity contribution in [3.63, 3.8) is 0 Å². The van der Waals surface area contributed by atoms with Crippen LogP contribution in [-0.2, 0) is 17.6 Å². The second-order valence-corrected chi connectivity index (χ2v) is 8.02. The molecular formula is C24H25NO5. The molecule has 6 nitrogen and oxygen atoms in total. The van der Waals surface area contributed by atoms with Crippen molar-refractivity contribution >= 4 is 16.9 Å². The predicted molar refractivity (Wildman–Crippen MR) is 114 cm³/mol. The number of phenols is 2. The summed E-state index contributed by atoms with van der Waals surface area (Å²) in [6.45, 7) is 3.03. The van der Waals surface area contributed by atoms with Crippen molar-refractivity contribution < 1.29 is 19.4 Å². The quantitative estimate of drug-likeness (QED) is 0.646. The van der Waals surface area contributed by atoms with E-state index in [-0.39, 0.29) is 35.0 Å². The lowest BCUT2D eigenvalue weighted by Gasteiger charge is -2.32. The zero-order valence-electron chi connectivity index (χ0n) is 16.9. The van der Waals surface area contributed by atoms with E-state index in [1.807, 2.05) is 18.2 Å². The van der Waals surface area contributed by atoms with Gasteiger partial charge in [0, 0.05) is 25.2 Å². The van der Waals surface area contributed by atoms with E-state index in [2.05, 4.69) is 12.1 Å². The monoisotopic (exact) mass is 407 g/mol. The fraction of sp³-hybridized carbons (Fsp3) is 0.333. The van der Waals surface area contributed by atoms with Gasteiger partial charge in [0.2, 0.25) is 5.91 Å². The topological polar surface area (TPSA) is 91.0 Å². The first kappa shape index (κ1) is 20.0. The van der Waals surface area contributed by atoms with Gasteiger partial charge in [-0.25, -0.2) is 4.79 Å². The van der Waals surface area contributed by atoms with E-state index >= 15 is 0 Å². The van der Waals surface area contributed by atoms with Gasteiger partial charge in [-0.15, -0.1) is 0 Å². The summed E-state index contributed by atoms with van der Waals surface area (Å²) in [7, 11) is 0. The Morgan fingerprint density at radius 1 is 1.13 bits per heavy atom. The number of piperidine rings is 1. The van der Waals surface area contributed by atoms with E-state index in [0.717, 1.165) is 19.3 Å². The molecule has 0 unspecified atom stereocenters. The van der Waals surface area contributed by atoms with Gasteiger partial charge in [-0.3, -0.25) is 4.79 Å². The largest absolute Gasteiger partial charge is 0.508 e. The maximum atomic E-state index is 12.9. The second kappa shape index (κ2) is 8.22. The summed E-state index contributed by atoms with van der Waals surface area (Å²) < 4.78 is 5.26. The molecule has 1 amide bonds. The van der Waals surface area contributed by atoms with Gasteiger partial charge >= 0.3 is 5.63 Å². The fourth-order valence-corrected chi connectivity index (χ4v) is 4.31. The highest BCUT2D eigenvalue weighted by molar-refractivity contribution is 5.90. The fourth-order valence-electron chi connectivity index (χ4n) is 4.31. The number of carbonyl (C=O) groups is 1. The highest BCUT2D eigenvalue weighted by Gasteiger charge is 2.25. The van der Waals surface area contributed by atoms with E-state index in [9.17, 15) is 19.8 Å². The number of rotatable bonds is 4. The number of hydrogen-bond donors (Lipinski definition) is 2. The Balaban J connectivity index is 1.46. The zero-order chi connectivity index (χ0) is 21.3. The first-order valence-corrected chi connectivity index (χ1v) is 10.2. The van der Waals surface area contributed by atoms with Crippen LogP contribution in [0, 0.1) is 12.8 Å². The molecule has 0 radical (unpaired) electrons. The molecule has 1 aliphatic heterocycles. The molecule has 1 aromatic heterocycles. The SMILES string of the molecule is Cc1c(CC(=O)N2CCC(Cc3ccccc3)CC2)c(=O)oc2cc(O)cc(O)c12. The summed E-state index contributed by atoms with van der Waals surface area (Å²) in [5, 5.41) is 20.1. The molecule has 1 saturated heterocycles. The molecule has 1 aliphatic rings. The molecule has 2 heterocycles. The summed E-state index contributed by atoms with van der Waals surface area (Å²) in [5.41, 5.74) is 1.56. The third-order valence-corrected chi connectivity index (χ3v) is 6.01. The lowest BCUT2D eigenvalue weighted by atomic mass is 9.90. The maximum Gasteiger partial charge on any atom is 0.340 e. The first-order chi connectivity index (χ1) is 14.4. The number of fused-ring (bicyclic) bond motifs is 1. The molecule has 1 fully saturated rings. The van der Waals surface area contributed by atoms with Gasteiger partial charge in [0.25, 0.3) is 0 Å². The zero-order valence-corrected chi connectivity index (χ0v) is 16.9. The predicted octanol–water partition coefficient (Wildman–Crippen LogP) is 3.54. The third-order valence-electron chi connectivity index (χ3n) is 6.01. The Kier molecular flexibility index (Phi) is 5.48. The minimum absolute atomic E-state index is 0.0617. The molecule has 0 aliphatic carbocycles. The van der Waals surface area contributed by atoms with E-state index < -0.39 is 5.63 Å². The van der Waals surface area contributed by atoms with Crippen molar-refractivity contribution in [1.82, 2.24) is 4.90 Å². The summed E-state index contributed by atoms with van der Waals surface area (Å²) in [6, 6.07) is 12.8. The highest BCUT2D eigenvalue weighted by atomic mass is 16.4. The summed E-state index contributed by atoms with van der Waals surface area (Å²) >= 11 is 0. The molecule has 4 rings (SSSR count). The van der Waals surface area contributed by atoms with Crippen LogP contribution in [0.4, 0.5) is 0 Å². The van der Waals surface area contributed by atoms with E-state index in [1.165, 1.54) is 17.7 Å². The first-order valence-electron chi connectivity index (χ1n) is 10.2.